The summed E-state index contributed by atoms with van der Waals surface area (Å²) in [6, 6.07) is 19.8. The van der Waals surface area contributed by atoms with Gasteiger partial charge < -0.3 is 9.52 Å². The molecular formula is C19H17NO3S. The van der Waals surface area contributed by atoms with E-state index in [0.717, 1.165) is 22.6 Å². The number of carbonyl (C=O) groups is 1. The quantitative estimate of drug-likeness (QED) is 0.486. The molecule has 1 N–H and O–H groups in total. The van der Waals surface area contributed by atoms with Crippen LogP contribution in [0.2, 0.25) is 0 Å². The van der Waals surface area contributed by atoms with Crippen LogP contribution in [-0.2, 0) is 4.79 Å². The molecule has 3 aromatic rings. The maximum Gasteiger partial charge on any atom is 0.303 e. The lowest BCUT2D eigenvalue weighted by molar-refractivity contribution is -0.137. The van der Waals surface area contributed by atoms with E-state index >= 15 is 0 Å². The van der Waals surface area contributed by atoms with Crippen LogP contribution in [0.3, 0.4) is 0 Å². The van der Waals surface area contributed by atoms with Gasteiger partial charge in [-0.15, -0.1) is 0 Å². The topological polar surface area (TPSA) is 63.3 Å². The van der Waals surface area contributed by atoms with E-state index in [9.17, 15) is 4.79 Å². The minimum Gasteiger partial charge on any atom is -0.481 e. The van der Waals surface area contributed by atoms with Crippen molar-refractivity contribution >= 4 is 17.7 Å². The molecule has 0 saturated heterocycles. The highest BCUT2D eigenvalue weighted by atomic mass is 32.2. The van der Waals surface area contributed by atoms with E-state index in [1.807, 2.05) is 60.7 Å². The van der Waals surface area contributed by atoms with Crippen molar-refractivity contribution in [2.24, 2.45) is 0 Å². The largest absolute Gasteiger partial charge is 0.481 e. The highest BCUT2D eigenvalue weighted by Crippen LogP contribution is 2.35. The third kappa shape index (κ3) is 4.06. The molecule has 122 valence electrons. The fourth-order valence-electron chi connectivity index (χ4n) is 2.32. The van der Waals surface area contributed by atoms with Gasteiger partial charge in [-0.05, 0) is 6.42 Å². The first-order valence-corrected chi connectivity index (χ1v) is 8.69. The summed E-state index contributed by atoms with van der Waals surface area (Å²) in [6.45, 7) is 0. The molecule has 5 heteroatoms. The van der Waals surface area contributed by atoms with Gasteiger partial charge in [0.2, 0.25) is 0 Å². The van der Waals surface area contributed by atoms with E-state index in [-0.39, 0.29) is 6.42 Å². The Bertz CT molecular complexity index is 743. The lowest BCUT2D eigenvalue weighted by Gasteiger charge is -2.00. The zero-order valence-corrected chi connectivity index (χ0v) is 13.8. The molecule has 0 saturated carbocycles. The Kier molecular flexibility index (Phi) is 5.33. The van der Waals surface area contributed by atoms with Crippen LogP contribution in [0.4, 0.5) is 0 Å². The van der Waals surface area contributed by atoms with Crippen molar-refractivity contribution in [2.75, 3.05) is 5.75 Å². The van der Waals surface area contributed by atoms with E-state index in [1.165, 1.54) is 11.8 Å². The smallest absolute Gasteiger partial charge is 0.303 e. The Morgan fingerprint density at radius 2 is 1.62 bits per heavy atom. The highest BCUT2D eigenvalue weighted by molar-refractivity contribution is 7.99. The van der Waals surface area contributed by atoms with Crippen molar-refractivity contribution in [3.05, 3.63) is 60.7 Å². The second kappa shape index (κ2) is 7.84. The summed E-state index contributed by atoms with van der Waals surface area (Å²) in [7, 11) is 0. The lowest BCUT2D eigenvalue weighted by Crippen LogP contribution is -1.94. The first-order valence-electron chi connectivity index (χ1n) is 7.70. The Morgan fingerprint density at radius 1 is 1.00 bits per heavy atom. The Balaban J connectivity index is 1.87. The van der Waals surface area contributed by atoms with E-state index in [0.29, 0.717) is 17.4 Å². The zero-order chi connectivity index (χ0) is 16.8. The van der Waals surface area contributed by atoms with Crippen molar-refractivity contribution in [2.45, 2.75) is 18.1 Å². The molecule has 0 radical (unpaired) electrons. The van der Waals surface area contributed by atoms with Crippen molar-refractivity contribution in [1.29, 1.82) is 0 Å². The number of thioether (sulfide) groups is 1. The number of aliphatic carboxylic acids is 1. The molecule has 0 atom stereocenters. The van der Waals surface area contributed by atoms with Gasteiger partial charge in [-0.3, -0.25) is 4.79 Å². The molecule has 0 bridgehead atoms. The Morgan fingerprint density at radius 3 is 2.25 bits per heavy atom. The highest BCUT2D eigenvalue weighted by Gasteiger charge is 2.16. The second-order valence-electron chi connectivity index (χ2n) is 5.24. The molecule has 0 aliphatic rings. The van der Waals surface area contributed by atoms with Crippen LogP contribution < -0.4 is 0 Å². The van der Waals surface area contributed by atoms with Gasteiger partial charge in [-0.25, -0.2) is 4.98 Å². The molecule has 1 heterocycles. The fourth-order valence-corrected chi connectivity index (χ4v) is 3.08. The lowest BCUT2D eigenvalue weighted by atomic mass is 10.1. The van der Waals surface area contributed by atoms with Gasteiger partial charge in [0.25, 0.3) is 5.22 Å². The zero-order valence-electron chi connectivity index (χ0n) is 13.0. The Labute approximate surface area is 144 Å². The number of aromatic nitrogens is 1. The van der Waals surface area contributed by atoms with E-state index in [1.54, 1.807) is 0 Å². The maximum atomic E-state index is 10.6. The maximum absolute atomic E-state index is 10.6. The third-order valence-electron chi connectivity index (χ3n) is 3.45. The van der Waals surface area contributed by atoms with Gasteiger partial charge in [0.05, 0.1) is 0 Å². The normalized spacial score (nSPS) is 10.7. The van der Waals surface area contributed by atoms with Crippen LogP contribution in [-0.4, -0.2) is 21.8 Å². The van der Waals surface area contributed by atoms with Gasteiger partial charge in [-0.2, -0.15) is 0 Å². The van der Waals surface area contributed by atoms with Crippen molar-refractivity contribution in [3.8, 4) is 22.6 Å². The molecule has 0 spiro atoms. The van der Waals surface area contributed by atoms with Gasteiger partial charge in [-0.1, -0.05) is 72.4 Å². The van der Waals surface area contributed by atoms with Crippen LogP contribution in [0.25, 0.3) is 22.6 Å². The molecule has 0 aliphatic heterocycles. The van der Waals surface area contributed by atoms with Gasteiger partial charge in [0, 0.05) is 23.3 Å². The third-order valence-corrected chi connectivity index (χ3v) is 4.37. The monoisotopic (exact) mass is 339 g/mol. The minimum atomic E-state index is -0.780. The number of rotatable bonds is 7. The number of carboxylic acid groups (broad SMARTS) is 1. The van der Waals surface area contributed by atoms with Crippen LogP contribution in [0, 0.1) is 0 Å². The summed E-state index contributed by atoms with van der Waals surface area (Å²) < 4.78 is 5.97. The predicted octanol–water partition coefficient (Wildman–Crippen LogP) is 4.97. The minimum absolute atomic E-state index is 0.158. The van der Waals surface area contributed by atoms with E-state index in [2.05, 4.69) is 4.98 Å². The van der Waals surface area contributed by atoms with E-state index < -0.39 is 5.97 Å². The summed E-state index contributed by atoms with van der Waals surface area (Å²) in [6.07, 6.45) is 0.745. The summed E-state index contributed by atoms with van der Waals surface area (Å²) in [5.74, 6) is 0.621. The average Bonchev–Trinajstić information content (AvgIpc) is 3.04. The second-order valence-corrected chi connectivity index (χ2v) is 6.28. The first kappa shape index (κ1) is 16.3. The molecule has 2 aromatic carbocycles. The number of benzene rings is 2. The van der Waals surface area contributed by atoms with Crippen molar-refractivity contribution in [3.63, 3.8) is 0 Å². The van der Waals surface area contributed by atoms with Gasteiger partial charge in [0.1, 0.15) is 5.69 Å². The molecule has 3 rings (SSSR count). The predicted molar refractivity (Wildman–Crippen MR) is 95.0 cm³/mol. The molecule has 4 nitrogen and oxygen atoms in total. The number of hydrogen-bond donors (Lipinski definition) is 1. The number of nitrogens with zero attached hydrogens (tertiary/aromatic N) is 1. The SMILES string of the molecule is O=C(O)CCCSc1nc(-c2ccccc2)c(-c2ccccc2)o1. The number of hydrogen-bond acceptors (Lipinski definition) is 4. The summed E-state index contributed by atoms with van der Waals surface area (Å²) in [5.41, 5.74) is 2.78. The van der Waals surface area contributed by atoms with Crippen LogP contribution in [0.1, 0.15) is 12.8 Å². The molecule has 0 fully saturated rings. The summed E-state index contributed by atoms with van der Waals surface area (Å²) in [4.78, 5) is 15.2. The summed E-state index contributed by atoms with van der Waals surface area (Å²) >= 11 is 1.45. The molecular weight excluding hydrogens is 322 g/mol. The van der Waals surface area contributed by atoms with E-state index in [4.69, 9.17) is 9.52 Å². The van der Waals surface area contributed by atoms with Crippen molar-refractivity contribution in [1.82, 2.24) is 4.98 Å². The molecule has 0 amide bonds. The molecule has 0 aliphatic carbocycles. The van der Waals surface area contributed by atoms with Crippen LogP contribution in [0.5, 0.6) is 0 Å². The molecule has 0 unspecified atom stereocenters. The standard InChI is InChI=1S/C19H17NO3S/c21-16(22)12-7-13-24-19-20-17(14-8-3-1-4-9-14)18(23-19)15-10-5-2-6-11-15/h1-6,8-11H,7,12-13H2,(H,21,22). The fraction of sp³-hybridized carbons (Fsp3) is 0.158. The van der Waals surface area contributed by atoms with Gasteiger partial charge in [0.15, 0.2) is 5.76 Å². The van der Waals surface area contributed by atoms with Gasteiger partial charge >= 0.3 is 5.97 Å². The summed E-state index contributed by atoms with van der Waals surface area (Å²) in [5, 5.41) is 9.28. The molecule has 24 heavy (non-hydrogen) atoms. The number of carboxylic acids is 1. The van der Waals surface area contributed by atoms with Crippen LogP contribution in [0.15, 0.2) is 70.3 Å². The average molecular weight is 339 g/mol. The molecule has 1 aromatic heterocycles. The van der Waals surface area contributed by atoms with Crippen LogP contribution >= 0.6 is 11.8 Å². The Hall–Kier alpha value is -2.53. The first-order chi connectivity index (χ1) is 11.7. The number of oxazole rings is 1. The van der Waals surface area contributed by atoms with Crippen molar-refractivity contribution < 1.29 is 14.3 Å².